The van der Waals surface area contributed by atoms with E-state index >= 15 is 0 Å². The van der Waals surface area contributed by atoms with Crippen molar-refractivity contribution in [3.63, 3.8) is 0 Å². The molecule has 0 atom stereocenters. The third kappa shape index (κ3) is 9.91. The topological polar surface area (TPSA) is 164 Å². The van der Waals surface area contributed by atoms with Crippen molar-refractivity contribution < 1.29 is 53.5 Å². The molecule has 0 unspecified atom stereocenters. The molecule has 10 nitrogen and oxygen atoms in total. The first-order valence-corrected chi connectivity index (χ1v) is 16.3. The van der Waals surface area contributed by atoms with Gasteiger partial charge in [-0.25, -0.2) is 0 Å². The Bertz CT molecular complexity index is 2070. The first-order valence-electron chi connectivity index (χ1n) is 13.1. The molecule has 0 amide bonds. The fourth-order valence-electron chi connectivity index (χ4n) is 4.26. The predicted molar refractivity (Wildman–Crippen MR) is 190 cm³/mol. The molecule has 7 aromatic rings. The molecular formula is C32H20Br4DyN5O5. The fourth-order valence-corrected chi connectivity index (χ4v) is 6.81. The number of fused-ring (bicyclic) bond motifs is 5. The molecule has 47 heavy (non-hydrogen) atoms. The van der Waals surface area contributed by atoms with Crippen LogP contribution in [-0.2, 0) is 0 Å². The molecule has 0 fully saturated rings. The van der Waals surface area contributed by atoms with Crippen LogP contribution in [0.4, 0.5) is 0 Å². The minimum absolute atomic E-state index is 0. The number of pyridine rings is 4. The quantitative estimate of drug-likeness (QED) is 0.0821. The first kappa shape index (κ1) is 38.7. The number of rotatable bonds is 0. The number of benzene rings is 3. The van der Waals surface area contributed by atoms with Crippen molar-refractivity contribution >= 4 is 107 Å². The van der Waals surface area contributed by atoms with Gasteiger partial charge in [0.1, 0.15) is 0 Å². The van der Waals surface area contributed by atoms with Crippen LogP contribution in [0.5, 0.6) is 11.5 Å². The van der Waals surface area contributed by atoms with Gasteiger partial charge in [-0.1, -0.05) is 99.5 Å². The van der Waals surface area contributed by atoms with Gasteiger partial charge in [0.15, 0.2) is 0 Å². The van der Waals surface area contributed by atoms with Crippen LogP contribution in [0.15, 0.2) is 103 Å². The van der Waals surface area contributed by atoms with Crippen LogP contribution in [0.1, 0.15) is 11.4 Å². The Labute approximate surface area is 332 Å². The van der Waals surface area contributed by atoms with E-state index in [1.54, 1.807) is 24.5 Å². The third-order valence-electron chi connectivity index (χ3n) is 6.30. The molecule has 1 radical (unpaired) electrons. The van der Waals surface area contributed by atoms with Crippen LogP contribution < -0.4 is 10.2 Å². The standard InChI is InChI=1S/C12H8N2.2C10H7Br2NO.Dy.NO3/c1-3-9-5-6-10-4-2-8-14-12(10)11(9)13-7-1;2*1-5-2-3-6-7(11)4-8(12)10(14)9(6)13-5;;2-1(3)4/h1-8H;2*2-4,14H,1H3;;/q;;;+3;-1/p-2. The van der Waals surface area contributed by atoms with Gasteiger partial charge in [-0.05, 0) is 62.4 Å². The molecule has 3 aromatic carbocycles. The summed E-state index contributed by atoms with van der Waals surface area (Å²) in [6.45, 7) is 3.74. The average molecular weight is 1040 g/mol. The van der Waals surface area contributed by atoms with Gasteiger partial charge in [0, 0.05) is 63.2 Å². The molecule has 15 heteroatoms. The van der Waals surface area contributed by atoms with Crippen LogP contribution >= 0.6 is 63.7 Å². The molecule has 7 rings (SSSR count). The molecule has 0 aliphatic rings. The second kappa shape index (κ2) is 17.6. The molecule has 0 aliphatic carbocycles. The number of nitrogens with zero attached hydrogens (tertiary/aromatic N) is 5. The Kier molecular flexibility index (Phi) is 14.5. The van der Waals surface area contributed by atoms with Crippen molar-refractivity contribution in [1.82, 2.24) is 19.9 Å². The van der Waals surface area contributed by atoms with Gasteiger partial charge < -0.3 is 25.5 Å². The zero-order valence-corrected chi connectivity index (χ0v) is 32.6. The van der Waals surface area contributed by atoms with Crippen LogP contribution in [-0.4, -0.2) is 25.0 Å². The largest absolute Gasteiger partial charge is 3.00 e. The van der Waals surface area contributed by atoms with Gasteiger partial charge in [0.2, 0.25) is 0 Å². The van der Waals surface area contributed by atoms with E-state index in [1.165, 1.54) is 0 Å². The third-order valence-corrected chi connectivity index (χ3v) is 8.79. The molecule has 0 saturated carbocycles. The maximum Gasteiger partial charge on any atom is 3.00 e. The Morgan fingerprint density at radius 3 is 1.30 bits per heavy atom. The summed E-state index contributed by atoms with van der Waals surface area (Å²) in [7, 11) is 0. The van der Waals surface area contributed by atoms with Gasteiger partial charge in [-0.15, -0.1) is 0 Å². The molecule has 241 valence electrons. The van der Waals surface area contributed by atoms with Crippen molar-refractivity contribution in [2.24, 2.45) is 0 Å². The second-order valence-electron chi connectivity index (χ2n) is 9.48. The molecule has 0 bridgehead atoms. The Balaban J connectivity index is 0.000000179. The number of hydrogen-bond acceptors (Lipinski definition) is 9. The Morgan fingerprint density at radius 2 is 0.936 bits per heavy atom. The smallest absolute Gasteiger partial charge is 0.870 e. The fraction of sp³-hybridized carbons (Fsp3) is 0.0625. The van der Waals surface area contributed by atoms with E-state index in [1.807, 2.05) is 50.2 Å². The molecule has 0 aliphatic heterocycles. The summed E-state index contributed by atoms with van der Waals surface area (Å²) in [6.07, 6.45) is 3.60. The zero-order chi connectivity index (χ0) is 33.5. The Morgan fingerprint density at radius 1 is 0.574 bits per heavy atom. The van der Waals surface area contributed by atoms with Gasteiger partial charge in [0.05, 0.1) is 27.2 Å². The van der Waals surface area contributed by atoms with E-state index < -0.39 is 5.09 Å². The maximum absolute atomic E-state index is 11.7. The zero-order valence-electron chi connectivity index (χ0n) is 24.2. The number of aryl methyl sites for hydroxylation is 2. The van der Waals surface area contributed by atoms with Crippen LogP contribution in [0.3, 0.4) is 0 Å². The maximum atomic E-state index is 11.7. The number of hydrogen-bond donors (Lipinski definition) is 0. The normalized spacial score (nSPS) is 10.2. The van der Waals surface area contributed by atoms with E-state index in [9.17, 15) is 10.2 Å². The monoisotopic (exact) mass is 1030 g/mol. The molecule has 0 saturated heterocycles. The summed E-state index contributed by atoms with van der Waals surface area (Å²) in [6, 6.07) is 23.2. The summed E-state index contributed by atoms with van der Waals surface area (Å²) in [5.74, 6) is -0.126. The van der Waals surface area contributed by atoms with E-state index in [0.717, 1.165) is 52.9 Å². The first-order chi connectivity index (χ1) is 21.9. The molecule has 4 aromatic heterocycles. The van der Waals surface area contributed by atoms with E-state index in [-0.39, 0.29) is 49.7 Å². The Hall–Kier alpha value is -2.71. The SMILES string of the molecule is Cc1ccc2c(Br)cc(Br)c([O-])c2n1.Cc1ccc2c(Br)cc(Br)c([O-])c2n1.O=[N+]([O-])[O-].[Dy+3].c1cnc2c(c1)ccc1cccnc12. The van der Waals surface area contributed by atoms with Gasteiger partial charge >= 0.3 is 38.2 Å². The average Bonchev–Trinajstić information content (AvgIpc) is 3.03. The predicted octanol–water partition coefficient (Wildman–Crippen LogP) is 8.83. The van der Waals surface area contributed by atoms with Crippen LogP contribution in [0, 0.1) is 67.3 Å². The minimum atomic E-state index is -1.75. The van der Waals surface area contributed by atoms with E-state index in [0.29, 0.717) is 20.0 Å². The second-order valence-corrected chi connectivity index (χ2v) is 12.9. The minimum Gasteiger partial charge on any atom is -0.870 e. The van der Waals surface area contributed by atoms with Gasteiger partial charge in [-0.3, -0.25) is 19.9 Å². The van der Waals surface area contributed by atoms with Crippen molar-refractivity contribution in [2.45, 2.75) is 13.8 Å². The number of halogens is 4. The van der Waals surface area contributed by atoms with Gasteiger partial charge in [0.25, 0.3) is 0 Å². The molecular weight excluding hydrogens is 1020 g/mol. The molecule has 0 spiro atoms. The van der Waals surface area contributed by atoms with Crippen molar-refractivity contribution in [2.75, 3.05) is 0 Å². The summed E-state index contributed by atoms with van der Waals surface area (Å²) >= 11 is 13.2. The van der Waals surface area contributed by atoms with Crippen LogP contribution in [0.2, 0.25) is 0 Å². The molecule has 4 heterocycles. The van der Waals surface area contributed by atoms with E-state index in [2.05, 4.69) is 108 Å². The summed E-state index contributed by atoms with van der Waals surface area (Å²) in [5.41, 5.74) is 4.66. The summed E-state index contributed by atoms with van der Waals surface area (Å²) < 4.78 is 2.84. The van der Waals surface area contributed by atoms with E-state index in [4.69, 9.17) is 15.3 Å². The van der Waals surface area contributed by atoms with Crippen LogP contribution in [0.25, 0.3) is 43.6 Å². The summed E-state index contributed by atoms with van der Waals surface area (Å²) in [5, 5.41) is 42.1. The van der Waals surface area contributed by atoms with Gasteiger partial charge in [-0.2, -0.15) is 0 Å². The summed E-state index contributed by atoms with van der Waals surface area (Å²) in [4.78, 5) is 25.4. The van der Waals surface area contributed by atoms with Crippen molar-refractivity contribution in [3.05, 3.63) is 130 Å². The molecule has 0 N–H and O–H groups in total. The van der Waals surface area contributed by atoms with Crippen molar-refractivity contribution in [3.8, 4) is 11.5 Å². The number of aromatic nitrogens is 4. The van der Waals surface area contributed by atoms with Crippen molar-refractivity contribution in [1.29, 1.82) is 0 Å².